The minimum absolute atomic E-state index is 0.874. The van der Waals surface area contributed by atoms with Crippen molar-refractivity contribution in [1.82, 2.24) is 4.90 Å². The molecule has 0 fully saturated rings. The smallest absolute Gasteiger partial charge is 0.141 e. The van der Waals surface area contributed by atoms with Gasteiger partial charge in [-0.05, 0) is 48.4 Å². The van der Waals surface area contributed by atoms with E-state index in [1.807, 2.05) is 66.7 Å². The minimum Gasteiger partial charge on any atom is -0.376 e. The lowest BCUT2D eigenvalue weighted by Crippen LogP contribution is -2.30. The van der Waals surface area contributed by atoms with Gasteiger partial charge in [0.2, 0.25) is 0 Å². The molecule has 1 aliphatic carbocycles. The van der Waals surface area contributed by atoms with Crippen LogP contribution in [-0.2, 0) is 5.60 Å². The zero-order chi connectivity index (χ0) is 20.3. The van der Waals surface area contributed by atoms with Crippen molar-refractivity contribution in [2.24, 2.45) is 0 Å². The van der Waals surface area contributed by atoms with Gasteiger partial charge in [0.05, 0.1) is 0 Å². The second-order valence-corrected chi connectivity index (χ2v) is 7.84. The number of benzene rings is 3. The van der Waals surface area contributed by atoms with Crippen molar-refractivity contribution in [3.05, 3.63) is 125 Å². The first-order valence-electron chi connectivity index (χ1n) is 10.1. The van der Waals surface area contributed by atoms with Gasteiger partial charge in [-0.15, -0.1) is 0 Å². The quantitative estimate of drug-likeness (QED) is 0.590. The Morgan fingerprint density at radius 3 is 1.93 bits per heavy atom. The van der Waals surface area contributed by atoms with Crippen LogP contribution in [0.4, 0.5) is 0 Å². The normalized spacial score (nSPS) is 14.1. The van der Waals surface area contributed by atoms with Gasteiger partial charge in [-0.1, -0.05) is 97.1 Å². The van der Waals surface area contributed by atoms with E-state index in [4.69, 9.17) is 0 Å². The van der Waals surface area contributed by atoms with E-state index in [0.717, 1.165) is 35.2 Å². The van der Waals surface area contributed by atoms with Crippen LogP contribution in [0.2, 0.25) is 0 Å². The van der Waals surface area contributed by atoms with E-state index in [9.17, 15) is 5.11 Å². The highest BCUT2D eigenvalue weighted by Gasteiger charge is 2.36. The van der Waals surface area contributed by atoms with Crippen molar-refractivity contribution in [2.45, 2.75) is 12.0 Å². The third-order valence-electron chi connectivity index (χ3n) is 5.54. The molecule has 0 aromatic heterocycles. The number of hydrogen-bond acceptors (Lipinski definition) is 2. The molecule has 2 nitrogen and oxygen atoms in total. The van der Waals surface area contributed by atoms with Crippen molar-refractivity contribution in [2.75, 3.05) is 20.6 Å². The van der Waals surface area contributed by atoms with E-state index < -0.39 is 5.60 Å². The van der Waals surface area contributed by atoms with E-state index in [2.05, 4.69) is 49.3 Å². The number of aliphatic hydroxyl groups is 1. The van der Waals surface area contributed by atoms with Crippen LogP contribution in [0.25, 0.3) is 5.57 Å². The van der Waals surface area contributed by atoms with Gasteiger partial charge >= 0.3 is 0 Å². The summed E-state index contributed by atoms with van der Waals surface area (Å²) in [6.45, 7) is 0.884. The summed E-state index contributed by atoms with van der Waals surface area (Å²) in [5, 5.41) is 12.3. The van der Waals surface area contributed by atoms with Gasteiger partial charge in [0.15, 0.2) is 0 Å². The third-order valence-corrected chi connectivity index (χ3v) is 5.54. The lowest BCUT2D eigenvalue weighted by molar-refractivity contribution is 0.125. The van der Waals surface area contributed by atoms with E-state index >= 15 is 0 Å². The first-order valence-corrected chi connectivity index (χ1v) is 10.1. The monoisotopic (exact) mass is 381 g/mol. The molecule has 0 heterocycles. The molecule has 2 heteroatoms. The van der Waals surface area contributed by atoms with E-state index in [1.165, 1.54) is 11.1 Å². The summed E-state index contributed by atoms with van der Waals surface area (Å²) in [7, 11) is 4.18. The Morgan fingerprint density at radius 2 is 1.34 bits per heavy atom. The van der Waals surface area contributed by atoms with Crippen molar-refractivity contribution >= 4 is 5.57 Å². The molecule has 1 N–H and O–H groups in total. The Balaban J connectivity index is 1.95. The van der Waals surface area contributed by atoms with Crippen molar-refractivity contribution in [3.8, 4) is 0 Å². The average Bonchev–Trinajstić information content (AvgIpc) is 3.21. The second kappa shape index (κ2) is 8.20. The molecule has 3 aromatic rings. The molecule has 0 unspecified atom stereocenters. The fourth-order valence-electron chi connectivity index (χ4n) is 4.22. The molecule has 1 aliphatic rings. The average molecular weight is 382 g/mol. The number of hydrogen-bond donors (Lipinski definition) is 1. The van der Waals surface area contributed by atoms with Gasteiger partial charge in [-0.25, -0.2) is 0 Å². The van der Waals surface area contributed by atoms with Crippen molar-refractivity contribution in [3.63, 3.8) is 0 Å². The zero-order valence-corrected chi connectivity index (χ0v) is 17.0. The number of rotatable bonds is 6. The molecular weight excluding hydrogens is 354 g/mol. The van der Waals surface area contributed by atoms with Crippen LogP contribution in [0.15, 0.2) is 103 Å². The molecule has 29 heavy (non-hydrogen) atoms. The molecule has 0 amide bonds. The fourth-order valence-corrected chi connectivity index (χ4v) is 4.22. The van der Waals surface area contributed by atoms with Gasteiger partial charge in [-0.3, -0.25) is 0 Å². The van der Waals surface area contributed by atoms with Crippen LogP contribution in [-0.4, -0.2) is 30.6 Å². The standard InChI is InChI=1S/C27H27NO/c1-28(2)20-21-12-11-18-24(21)25-17-9-10-19-26(25)27(29,22-13-5-3-6-14-22)23-15-7-4-8-16-23/h3-17,19,29H,18,20H2,1-2H3. The van der Waals surface area contributed by atoms with E-state index in [1.54, 1.807) is 0 Å². The van der Waals surface area contributed by atoms with Crippen LogP contribution >= 0.6 is 0 Å². The van der Waals surface area contributed by atoms with Gasteiger partial charge in [0, 0.05) is 12.1 Å². The van der Waals surface area contributed by atoms with Crippen LogP contribution in [0.5, 0.6) is 0 Å². The van der Waals surface area contributed by atoms with Crippen LogP contribution in [0, 0.1) is 0 Å². The van der Waals surface area contributed by atoms with Gasteiger partial charge in [-0.2, -0.15) is 0 Å². The van der Waals surface area contributed by atoms with Gasteiger partial charge in [0.25, 0.3) is 0 Å². The van der Waals surface area contributed by atoms with Crippen LogP contribution < -0.4 is 0 Å². The van der Waals surface area contributed by atoms with E-state index in [-0.39, 0.29) is 0 Å². The Labute approximate surface area is 173 Å². The molecule has 0 aliphatic heterocycles. The summed E-state index contributed by atoms with van der Waals surface area (Å²) < 4.78 is 0. The molecule has 0 spiro atoms. The fraction of sp³-hybridized carbons (Fsp3) is 0.185. The second-order valence-electron chi connectivity index (χ2n) is 7.84. The number of allylic oxidation sites excluding steroid dienone is 2. The predicted octanol–water partition coefficient (Wildman–Crippen LogP) is 5.25. The summed E-state index contributed by atoms with van der Waals surface area (Å²) in [6.07, 6.45) is 5.32. The minimum atomic E-state index is -1.22. The Bertz CT molecular complexity index is 993. The number of nitrogens with zero attached hydrogens (tertiary/aromatic N) is 1. The topological polar surface area (TPSA) is 23.5 Å². The zero-order valence-electron chi connectivity index (χ0n) is 17.0. The third kappa shape index (κ3) is 3.69. The van der Waals surface area contributed by atoms with Gasteiger partial charge < -0.3 is 10.0 Å². The molecule has 0 saturated carbocycles. The maximum absolute atomic E-state index is 12.3. The Hall–Kier alpha value is -2.94. The molecule has 3 aromatic carbocycles. The molecule has 4 rings (SSSR count). The SMILES string of the molecule is CN(C)CC1=C(c2ccccc2C(O)(c2ccccc2)c2ccccc2)CC=C1. The first-order chi connectivity index (χ1) is 14.1. The maximum Gasteiger partial charge on any atom is 0.141 e. The molecular formula is C27H27NO. The highest BCUT2D eigenvalue weighted by molar-refractivity contribution is 5.78. The summed E-state index contributed by atoms with van der Waals surface area (Å²) in [6, 6.07) is 28.2. The van der Waals surface area contributed by atoms with Gasteiger partial charge in [0.1, 0.15) is 5.60 Å². The summed E-state index contributed by atoms with van der Waals surface area (Å²) in [5.74, 6) is 0. The Morgan fingerprint density at radius 1 is 0.793 bits per heavy atom. The number of likely N-dealkylation sites (N-methyl/N-ethyl adjacent to an activating group) is 1. The largest absolute Gasteiger partial charge is 0.376 e. The molecule has 0 bridgehead atoms. The van der Waals surface area contributed by atoms with Crippen molar-refractivity contribution in [1.29, 1.82) is 0 Å². The lowest BCUT2D eigenvalue weighted by Gasteiger charge is -2.32. The summed E-state index contributed by atoms with van der Waals surface area (Å²) >= 11 is 0. The first kappa shape index (κ1) is 19.4. The highest BCUT2D eigenvalue weighted by atomic mass is 16.3. The Kier molecular flexibility index (Phi) is 5.48. The molecule has 0 saturated heterocycles. The summed E-state index contributed by atoms with van der Waals surface area (Å²) in [4.78, 5) is 2.19. The van der Waals surface area contributed by atoms with E-state index in [0.29, 0.717) is 0 Å². The maximum atomic E-state index is 12.3. The molecule has 146 valence electrons. The van der Waals surface area contributed by atoms with Crippen molar-refractivity contribution < 1.29 is 5.11 Å². The van der Waals surface area contributed by atoms with Crippen LogP contribution in [0.1, 0.15) is 28.7 Å². The lowest BCUT2D eigenvalue weighted by atomic mass is 9.77. The molecule has 0 radical (unpaired) electrons. The summed E-state index contributed by atoms with van der Waals surface area (Å²) in [5.41, 5.74) is 5.17. The van der Waals surface area contributed by atoms with Crippen LogP contribution in [0.3, 0.4) is 0 Å². The molecule has 0 atom stereocenters. The predicted molar refractivity (Wildman–Crippen MR) is 121 cm³/mol. The highest BCUT2D eigenvalue weighted by Crippen LogP contribution is 2.42.